The second kappa shape index (κ2) is 6.09. The third-order valence-electron chi connectivity index (χ3n) is 3.00. The Morgan fingerprint density at radius 3 is 2.62 bits per heavy atom. The van der Waals surface area contributed by atoms with Crippen molar-refractivity contribution < 1.29 is 13.2 Å². The Labute approximate surface area is 123 Å². The molecule has 1 aromatic carbocycles. The molecular formula is C14H17N3O3S. The van der Waals surface area contributed by atoms with E-state index in [9.17, 15) is 13.2 Å². The number of benzene rings is 1. The van der Waals surface area contributed by atoms with E-state index < -0.39 is 9.84 Å². The van der Waals surface area contributed by atoms with Crippen LogP contribution in [-0.4, -0.2) is 30.1 Å². The van der Waals surface area contributed by atoms with E-state index in [2.05, 4.69) is 10.3 Å². The SMILES string of the molecule is C[C@H](NC(=O)Cn1ccnc1S(C)(=O)=O)c1ccccc1. The summed E-state index contributed by atoms with van der Waals surface area (Å²) in [5.41, 5.74) is 0.986. The average molecular weight is 307 g/mol. The highest BCUT2D eigenvalue weighted by Gasteiger charge is 2.17. The van der Waals surface area contributed by atoms with Gasteiger partial charge in [-0.15, -0.1) is 0 Å². The molecule has 21 heavy (non-hydrogen) atoms. The van der Waals surface area contributed by atoms with Crippen molar-refractivity contribution in [2.45, 2.75) is 24.7 Å². The number of nitrogens with zero attached hydrogens (tertiary/aromatic N) is 2. The number of amides is 1. The first-order chi connectivity index (χ1) is 9.88. The van der Waals surface area contributed by atoms with Crippen LogP contribution in [0.3, 0.4) is 0 Å². The summed E-state index contributed by atoms with van der Waals surface area (Å²) in [6, 6.07) is 9.39. The number of sulfone groups is 1. The summed E-state index contributed by atoms with van der Waals surface area (Å²) in [6.07, 6.45) is 3.91. The van der Waals surface area contributed by atoms with Gasteiger partial charge in [-0.25, -0.2) is 13.4 Å². The van der Waals surface area contributed by atoms with Crippen LogP contribution >= 0.6 is 0 Å². The standard InChI is InChI=1S/C14H17N3O3S/c1-11(12-6-4-3-5-7-12)16-13(18)10-17-9-8-15-14(17)21(2,19)20/h3-9,11H,10H2,1-2H3,(H,16,18)/t11-/m0/s1. The molecule has 1 atom stereocenters. The lowest BCUT2D eigenvalue weighted by molar-refractivity contribution is -0.122. The van der Waals surface area contributed by atoms with Crippen molar-refractivity contribution in [3.05, 3.63) is 48.3 Å². The third kappa shape index (κ3) is 3.91. The van der Waals surface area contributed by atoms with Gasteiger partial charge in [-0.2, -0.15) is 0 Å². The van der Waals surface area contributed by atoms with Crippen LogP contribution in [-0.2, 0) is 21.2 Å². The summed E-state index contributed by atoms with van der Waals surface area (Å²) in [5.74, 6) is -0.269. The minimum absolute atomic E-state index is 0.0838. The summed E-state index contributed by atoms with van der Waals surface area (Å²) >= 11 is 0. The first-order valence-electron chi connectivity index (χ1n) is 6.43. The second-order valence-electron chi connectivity index (χ2n) is 4.81. The number of carbonyl (C=O) groups is 1. The first kappa shape index (κ1) is 15.2. The molecule has 0 fully saturated rings. The molecular weight excluding hydrogens is 290 g/mol. The fourth-order valence-electron chi connectivity index (χ4n) is 2.01. The van der Waals surface area contributed by atoms with E-state index in [1.54, 1.807) is 0 Å². The van der Waals surface area contributed by atoms with Crippen molar-refractivity contribution in [2.75, 3.05) is 6.26 Å². The number of hydrogen-bond acceptors (Lipinski definition) is 4. The highest BCUT2D eigenvalue weighted by molar-refractivity contribution is 7.90. The van der Waals surface area contributed by atoms with E-state index in [4.69, 9.17) is 0 Å². The largest absolute Gasteiger partial charge is 0.348 e. The van der Waals surface area contributed by atoms with Crippen LogP contribution in [0.1, 0.15) is 18.5 Å². The van der Waals surface area contributed by atoms with Crippen LogP contribution in [0, 0.1) is 0 Å². The maximum atomic E-state index is 12.0. The van der Waals surface area contributed by atoms with Crippen LogP contribution < -0.4 is 5.32 Å². The lowest BCUT2D eigenvalue weighted by Crippen LogP contribution is -2.30. The van der Waals surface area contributed by atoms with Crippen molar-refractivity contribution in [1.29, 1.82) is 0 Å². The zero-order valence-corrected chi connectivity index (χ0v) is 12.7. The zero-order valence-electron chi connectivity index (χ0n) is 11.9. The summed E-state index contributed by atoms with van der Waals surface area (Å²) in [5, 5.41) is 2.72. The van der Waals surface area contributed by atoms with Crippen molar-refractivity contribution in [2.24, 2.45) is 0 Å². The van der Waals surface area contributed by atoms with Gasteiger partial charge in [0.2, 0.25) is 20.9 Å². The Bertz CT molecular complexity index is 723. The molecule has 0 spiro atoms. The molecule has 0 aliphatic rings. The monoisotopic (exact) mass is 307 g/mol. The van der Waals surface area contributed by atoms with Gasteiger partial charge in [0, 0.05) is 18.6 Å². The predicted molar refractivity (Wildman–Crippen MR) is 78.3 cm³/mol. The van der Waals surface area contributed by atoms with Gasteiger partial charge in [-0.1, -0.05) is 30.3 Å². The summed E-state index contributed by atoms with van der Waals surface area (Å²) in [7, 11) is -3.44. The van der Waals surface area contributed by atoms with Gasteiger partial charge in [-0.05, 0) is 12.5 Å². The van der Waals surface area contributed by atoms with E-state index in [1.165, 1.54) is 17.0 Å². The molecule has 1 aromatic heterocycles. The van der Waals surface area contributed by atoms with Crippen molar-refractivity contribution >= 4 is 15.7 Å². The van der Waals surface area contributed by atoms with E-state index in [0.29, 0.717) is 0 Å². The molecule has 1 heterocycles. The zero-order chi connectivity index (χ0) is 15.5. The number of nitrogens with one attached hydrogen (secondary N) is 1. The van der Waals surface area contributed by atoms with Crippen LogP contribution in [0.15, 0.2) is 47.9 Å². The highest BCUT2D eigenvalue weighted by atomic mass is 32.2. The van der Waals surface area contributed by atoms with Gasteiger partial charge < -0.3 is 9.88 Å². The topological polar surface area (TPSA) is 81.1 Å². The number of carbonyl (C=O) groups excluding carboxylic acids is 1. The molecule has 0 radical (unpaired) electrons. The Balaban J connectivity index is 2.05. The Morgan fingerprint density at radius 1 is 1.33 bits per heavy atom. The van der Waals surface area contributed by atoms with E-state index in [0.717, 1.165) is 11.8 Å². The third-order valence-corrected chi connectivity index (χ3v) is 4.00. The summed E-state index contributed by atoms with van der Waals surface area (Å²) < 4.78 is 24.4. The van der Waals surface area contributed by atoms with Crippen molar-refractivity contribution in [1.82, 2.24) is 14.9 Å². The Morgan fingerprint density at radius 2 is 2.00 bits per heavy atom. The molecule has 6 nitrogen and oxygen atoms in total. The molecule has 2 rings (SSSR count). The van der Waals surface area contributed by atoms with Gasteiger partial charge in [-0.3, -0.25) is 4.79 Å². The number of hydrogen-bond donors (Lipinski definition) is 1. The normalized spacial score (nSPS) is 12.9. The number of aromatic nitrogens is 2. The maximum Gasteiger partial charge on any atom is 0.240 e. The Hall–Kier alpha value is -2.15. The molecule has 0 saturated carbocycles. The molecule has 0 aliphatic carbocycles. The fourth-order valence-corrected chi connectivity index (χ4v) is 2.82. The fraction of sp³-hybridized carbons (Fsp3) is 0.286. The minimum Gasteiger partial charge on any atom is -0.348 e. The van der Waals surface area contributed by atoms with Crippen molar-refractivity contribution in [3.8, 4) is 0 Å². The maximum absolute atomic E-state index is 12.0. The van der Waals surface area contributed by atoms with Gasteiger partial charge >= 0.3 is 0 Å². The lowest BCUT2D eigenvalue weighted by Gasteiger charge is -2.15. The minimum atomic E-state index is -3.44. The Kier molecular flexibility index (Phi) is 4.42. The van der Waals surface area contributed by atoms with E-state index in [-0.39, 0.29) is 23.7 Å². The smallest absolute Gasteiger partial charge is 0.240 e. The summed E-state index contributed by atoms with van der Waals surface area (Å²) in [6.45, 7) is 1.79. The average Bonchev–Trinajstić information content (AvgIpc) is 2.87. The predicted octanol–water partition coefficient (Wildman–Crippen LogP) is 1.16. The molecule has 7 heteroatoms. The molecule has 1 N–H and O–H groups in total. The van der Waals surface area contributed by atoms with Gasteiger partial charge in [0.1, 0.15) is 6.54 Å². The van der Waals surface area contributed by atoms with E-state index >= 15 is 0 Å². The number of imidazole rings is 1. The molecule has 0 aliphatic heterocycles. The molecule has 0 unspecified atom stereocenters. The highest BCUT2D eigenvalue weighted by Crippen LogP contribution is 2.11. The molecule has 1 amide bonds. The first-order valence-corrected chi connectivity index (χ1v) is 8.32. The molecule has 112 valence electrons. The quantitative estimate of drug-likeness (QED) is 0.899. The van der Waals surface area contributed by atoms with Crippen LogP contribution in [0.2, 0.25) is 0 Å². The second-order valence-corrected chi connectivity index (χ2v) is 6.72. The summed E-state index contributed by atoms with van der Waals surface area (Å²) in [4.78, 5) is 15.8. The molecule has 2 aromatic rings. The molecule has 0 bridgehead atoms. The van der Waals surface area contributed by atoms with Gasteiger partial charge in [0.15, 0.2) is 0 Å². The van der Waals surface area contributed by atoms with Gasteiger partial charge in [0.05, 0.1) is 6.04 Å². The van der Waals surface area contributed by atoms with Crippen LogP contribution in [0.5, 0.6) is 0 Å². The van der Waals surface area contributed by atoms with Crippen LogP contribution in [0.25, 0.3) is 0 Å². The van der Waals surface area contributed by atoms with E-state index in [1.807, 2.05) is 37.3 Å². The van der Waals surface area contributed by atoms with Crippen LogP contribution in [0.4, 0.5) is 0 Å². The molecule has 0 saturated heterocycles. The van der Waals surface area contributed by atoms with Crippen molar-refractivity contribution in [3.63, 3.8) is 0 Å². The van der Waals surface area contributed by atoms with Gasteiger partial charge in [0.25, 0.3) is 0 Å². The number of rotatable bonds is 5. The lowest BCUT2D eigenvalue weighted by atomic mass is 10.1.